The number of anilines is 1. The van der Waals surface area contributed by atoms with E-state index in [4.69, 9.17) is 0 Å². The normalized spacial score (nSPS) is 19.1. The molecule has 0 aromatic heterocycles. The molecule has 2 atom stereocenters. The van der Waals surface area contributed by atoms with E-state index >= 15 is 0 Å². The Bertz CT molecular complexity index is 964. The van der Waals surface area contributed by atoms with Crippen LogP contribution in [0, 0.1) is 0 Å². The number of imide groups is 1. The van der Waals surface area contributed by atoms with Crippen LogP contribution in [0.2, 0.25) is 0 Å². The summed E-state index contributed by atoms with van der Waals surface area (Å²) in [7, 11) is 0. The summed E-state index contributed by atoms with van der Waals surface area (Å²) >= 11 is 0. The number of para-hydroxylation sites is 1. The number of benzene rings is 2. The lowest BCUT2D eigenvalue weighted by Crippen LogP contribution is -2.53. The van der Waals surface area contributed by atoms with Crippen molar-refractivity contribution >= 4 is 29.4 Å². The number of carboxylic acids is 1. The van der Waals surface area contributed by atoms with Gasteiger partial charge in [-0.25, -0.2) is 4.79 Å². The summed E-state index contributed by atoms with van der Waals surface area (Å²) in [6.45, 7) is 1.45. The molecule has 0 spiro atoms. The van der Waals surface area contributed by atoms with E-state index in [1.54, 1.807) is 36.4 Å². The van der Waals surface area contributed by atoms with Crippen LogP contribution in [0.15, 0.2) is 48.5 Å². The molecule has 1 N–H and O–H groups in total. The van der Waals surface area contributed by atoms with Crippen LogP contribution in [0.3, 0.4) is 0 Å². The van der Waals surface area contributed by atoms with Crippen molar-refractivity contribution in [3.05, 3.63) is 65.2 Å². The van der Waals surface area contributed by atoms with Crippen molar-refractivity contribution in [1.82, 2.24) is 4.90 Å². The van der Waals surface area contributed by atoms with Crippen LogP contribution in [0.25, 0.3) is 0 Å². The summed E-state index contributed by atoms with van der Waals surface area (Å²) in [5, 5.41) is 9.56. The molecule has 2 aliphatic heterocycles. The second kappa shape index (κ2) is 6.05. The molecule has 2 heterocycles. The summed E-state index contributed by atoms with van der Waals surface area (Å²) in [6.07, 6.45) is 0.187. The van der Waals surface area contributed by atoms with Gasteiger partial charge in [-0.2, -0.15) is 0 Å². The van der Waals surface area contributed by atoms with E-state index < -0.39 is 35.8 Å². The third kappa shape index (κ3) is 2.43. The predicted octanol–water partition coefficient (Wildman–Crippen LogP) is 1.71. The standard InChI is InChI=1S/C20H16N2O5/c1-11(21-18(24)13-7-3-4-8-14(13)19(21)25)17(23)22-15-9-5-2-6-12(15)10-16(22)20(26)27/h2-9,11,16H,10H2,1H3,(H,26,27)/t11-,16+/m0/s1. The lowest BCUT2D eigenvalue weighted by atomic mass is 10.1. The molecular weight excluding hydrogens is 348 g/mol. The SMILES string of the molecule is C[C@@H](C(=O)N1c2ccccc2C[C@@H]1C(=O)O)N1C(=O)c2ccccc2C1=O. The third-order valence-electron chi connectivity index (χ3n) is 5.07. The fourth-order valence-corrected chi connectivity index (χ4v) is 3.73. The highest BCUT2D eigenvalue weighted by atomic mass is 16.4. The van der Waals surface area contributed by atoms with E-state index in [9.17, 15) is 24.3 Å². The molecule has 0 aliphatic carbocycles. The predicted molar refractivity (Wildman–Crippen MR) is 95.5 cm³/mol. The molecule has 4 rings (SSSR count). The number of carbonyl (C=O) groups is 4. The van der Waals surface area contributed by atoms with E-state index in [0.717, 1.165) is 10.5 Å². The molecule has 2 aromatic carbocycles. The Labute approximate surface area is 154 Å². The Morgan fingerprint density at radius 3 is 2.15 bits per heavy atom. The number of fused-ring (bicyclic) bond motifs is 2. The minimum absolute atomic E-state index is 0.187. The monoisotopic (exact) mass is 364 g/mol. The molecule has 2 aliphatic rings. The van der Waals surface area contributed by atoms with Crippen LogP contribution >= 0.6 is 0 Å². The maximum absolute atomic E-state index is 13.2. The molecule has 136 valence electrons. The number of nitrogens with zero attached hydrogens (tertiary/aromatic N) is 2. The van der Waals surface area contributed by atoms with Crippen molar-refractivity contribution in [2.24, 2.45) is 0 Å². The average Bonchev–Trinajstić information content (AvgIpc) is 3.17. The fraction of sp³-hybridized carbons (Fsp3) is 0.200. The van der Waals surface area contributed by atoms with Gasteiger partial charge < -0.3 is 5.11 Å². The van der Waals surface area contributed by atoms with Crippen LogP contribution in [0.4, 0.5) is 5.69 Å². The van der Waals surface area contributed by atoms with Crippen LogP contribution in [0.5, 0.6) is 0 Å². The molecule has 0 bridgehead atoms. The van der Waals surface area contributed by atoms with Crippen molar-refractivity contribution in [3.63, 3.8) is 0 Å². The van der Waals surface area contributed by atoms with Crippen LogP contribution in [-0.2, 0) is 16.0 Å². The zero-order chi connectivity index (χ0) is 19.3. The minimum atomic E-state index is -1.13. The van der Waals surface area contributed by atoms with Crippen molar-refractivity contribution in [3.8, 4) is 0 Å². The topological polar surface area (TPSA) is 95.0 Å². The Kier molecular flexibility index (Phi) is 3.80. The maximum Gasteiger partial charge on any atom is 0.327 e. The van der Waals surface area contributed by atoms with Gasteiger partial charge in [-0.1, -0.05) is 30.3 Å². The molecule has 7 heteroatoms. The van der Waals surface area contributed by atoms with Gasteiger partial charge in [0.25, 0.3) is 17.7 Å². The second-order valence-electron chi connectivity index (χ2n) is 6.60. The first-order valence-electron chi connectivity index (χ1n) is 8.52. The first kappa shape index (κ1) is 17.0. The van der Waals surface area contributed by atoms with E-state index in [0.29, 0.717) is 5.69 Å². The number of hydrogen-bond acceptors (Lipinski definition) is 4. The molecule has 0 saturated heterocycles. The van der Waals surface area contributed by atoms with Gasteiger partial charge in [-0.15, -0.1) is 0 Å². The summed E-state index contributed by atoms with van der Waals surface area (Å²) < 4.78 is 0. The second-order valence-corrected chi connectivity index (χ2v) is 6.60. The summed E-state index contributed by atoms with van der Waals surface area (Å²) in [4.78, 5) is 52.3. The van der Waals surface area contributed by atoms with E-state index in [2.05, 4.69) is 0 Å². The Morgan fingerprint density at radius 1 is 1.00 bits per heavy atom. The Hall–Kier alpha value is -3.48. The maximum atomic E-state index is 13.2. The van der Waals surface area contributed by atoms with Gasteiger partial charge in [-0.3, -0.25) is 24.2 Å². The molecule has 7 nitrogen and oxygen atoms in total. The third-order valence-corrected chi connectivity index (χ3v) is 5.07. The Morgan fingerprint density at radius 2 is 1.56 bits per heavy atom. The van der Waals surface area contributed by atoms with Crippen molar-refractivity contribution in [1.29, 1.82) is 0 Å². The lowest BCUT2D eigenvalue weighted by Gasteiger charge is -2.29. The number of hydrogen-bond donors (Lipinski definition) is 1. The van der Waals surface area contributed by atoms with Gasteiger partial charge in [0.05, 0.1) is 11.1 Å². The zero-order valence-electron chi connectivity index (χ0n) is 14.5. The molecule has 0 unspecified atom stereocenters. The first-order valence-corrected chi connectivity index (χ1v) is 8.52. The molecule has 2 aromatic rings. The van der Waals surface area contributed by atoms with Gasteiger partial charge in [0, 0.05) is 12.1 Å². The van der Waals surface area contributed by atoms with Gasteiger partial charge >= 0.3 is 5.97 Å². The molecule has 27 heavy (non-hydrogen) atoms. The van der Waals surface area contributed by atoms with Crippen molar-refractivity contribution in [2.75, 3.05) is 4.90 Å². The summed E-state index contributed by atoms with van der Waals surface area (Å²) in [6, 6.07) is 11.1. The lowest BCUT2D eigenvalue weighted by molar-refractivity contribution is -0.140. The molecule has 3 amide bonds. The quantitative estimate of drug-likeness (QED) is 0.837. The molecule has 0 fully saturated rings. The van der Waals surface area contributed by atoms with E-state index in [1.807, 2.05) is 0 Å². The minimum Gasteiger partial charge on any atom is -0.480 e. The Balaban J connectivity index is 1.69. The first-order chi connectivity index (χ1) is 12.9. The highest BCUT2D eigenvalue weighted by molar-refractivity contribution is 6.23. The fourth-order valence-electron chi connectivity index (χ4n) is 3.73. The number of amides is 3. The number of rotatable bonds is 3. The highest BCUT2D eigenvalue weighted by Gasteiger charge is 2.46. The van der Waals surface area contributed by atoms with Gasteiger partial charge in [-0.05, 0) is 30.7 Å². The van der Waals surface area contributed by atoms with Gasteiger partial charge in [0.1, 0.15) is 12.1 Å². The average molecular weight is 364 g/mol. The number of carbonyl (C=O) groups excluding carboxylic acids is 3. The molecule has 0 radical (unpaired) electrons. The highest BCUT2D eigenvalue weighted by Crippen LogP contribution is 2.34. The van der Waals surface area contributed by atoms with Crippen molar-refractivity contribution < 1.29 is 24.3 Å². The summed E-state index contributed by atoms with van der Waals surface area (Å²) in [5.74, 6) is -2.82. The zero-order valence-corrected chi connectivity index (χ0v) is 14.5. The van der Waals surface area contributed by atoms with Crippen molar-refractivity contribution in [2.45, 2.75) is 25.4 Å². The number of aliphatic carboxylic acids is 1. The van der Waals surface area contributed by atoms with Crippen LogP contribution in [0.1, 0.15) is 33.2 Å². The summed E-state index contributed by atoms with van der Waals surface area (Å²) in [5.41, 5.74) is 1.74. The van der Waals surface area contributed by atoms with E-state index in [1.165, 1.54) is 24.0 Å². The van der Waals surface area contributed by atoms with Gasteiger partial charge in [0.15, 0.2) is 0 Å². The van der Waals surface area contributed by atoms with Crippen LogP contribution in [-0.4, -0.2) is 45.8 Å². The molecular formula is C20H16N2O5. The van der Waals surface area contributed by atoms with E-state index in [-0.39, 0.29) is 17.5 Å². The smallest absolute Gasteiger partial charge is 0.327 e. The van der Waals surface area contributed by atoms with Gasteiger partial charge in [0.2, 0.25) is 0 Å². The number of carboxylic acid groups (broad SMARTS) is 1. The van der Waals surface area contributed by atoms with Crippen LogP contribution < -0.4 is 4.90 Å². The largest absolute Gasteiger partial charge is 0.480 e. The molecule has 0 saturated carbocycles.